The fraction of sp³-hybridized carbons (Fsp3) is 0.800. The normalized spacial score (nSPS) is 18.8. The first kappa shape index (κ1) is 14.9. The Labute approximate surface area is 120 Å². The molecule has 2 atom stereocenters. The van der Waals surface area contributed by atoms with Gasteiger partial charge >= 0.3 is 0 Å². The SMILES string of the molecule is Cc1nc(C(C)C)sc1C(C)NC(CCO)C1CC1. The second kappa shape index (κ2) is 6.33. The standard InChI is InChI=1S/C15H26N2OS/c1-9(2)15-17-11(4)14(19-15)10(3)16-13(7-8-18)12-5-6-12/h9-10,12-13,16,18H,5-8H2,1-4H3. The summed E-state index contributed by atoms with van der Waals surface area (Å²) in [6.07, 6.45) is 3.48. The molecule has 1 heterocycles. The van der Waals surface area contributed by atoms with E-state index < -0.39 is 0 Å². The van der Waals surface area contributed by atoms with Crippen molar-refractivity contribution >= 4 is 11.3 Å². The molecule has 0 radical (unpaired) electrons. The van der Waals surface area contributed by atoms with E-state index in [-0.39, 0.29) is 6.61 Å². The largest absolute Gasteiger partial charge is 0.396 e. The number of thiazole rings is 1. The van der Waals surface area contributed by atoms with E-state index in [1.807, 2.05) is 11.3 Å². The summed E-state index contributed by atoms with van der Waals surface area (Å²) >= 11 is 1.83. The van der Waals surface area contributed by atoms with Crippen molar-refractivity contribution in [3.8, 4) is 0 Å². The highest BCUT2D eigenvalue weighted by atomic mass is 32.1. The van der Waals surface area contributed by atoms with E-state index in [4.69, 9.17) is 0 Å². The van der Waals surface area contributed by atoms with Crippen LogP contribution in [0, 0.1) is 12.8 Å². The Hall–Kier alpha value is -0.450. The van der Waals surface area contributed by atoms with Crippen LogP contribution in [-0.2, 0) is 0 Å². The molecule has 2 rings (SSSR count). The molecule has 108 valence electrons. The molecule has 0 saturated heterocycles. The predicted octanol–water partition coefficient (Wildman–Crippen LogP) is 3.39. The van der Waals surface area contributed by atoms with E-state index in [0.717, 1.165) is 18.0 Å². The van der Waals surface area contributed by atoms with Gasteiger partial charge in [0.15, 0.2) is 0 Å². The molecule has 4 heteroatoms. The maximum absolute atomic E-state index is 9.18. The Balaban J connectivity index is 2.03. The second-order valence-electron chi connectivity index (χ2n) is 6.00. The van der Waals surface area contributed by atoms with Crippen LogP contribution in [0.3, 0.4) is 0 Å². The van der Waals surface area contributed by atoms with Crippen LogP contribution in [0.5, 0.6) is 0 Å². The van der Waals surface area contributed by atoms with E-state index in [1.54, 1.807) is 0 Å². The molecule has 19 heavy (non-hydrogen) atoms. The average Bonchev–Trinajstić information content (AvgIpc) is 3.11. The number of aromatic nitrogens is 1. The van der Waals surface area contributed by atoms with E-state index in [9.17, 15) is 5.11 Å². The van der Waals surface area contributed by atoms with Gasteiger partial charge in [0, 0.05) is 29.5 Å². The maximum atomic E-state index is 9.18. The van der Waals surface area contributed by atoms with Crippen LogP contribution in [0.15, 0.2) is 0 Å². The van der Waals surface area contributed by atoms with Crippen LogP contribution in [0.25, 0.3) is 0 Å². The molecule has 0 spiro atoms. The summed E-state index contributed by atoms with van der Waals surface area (Å²) in [5.41, 5.74) is 1.16. The van der Waals surface area contributed by atoms with Crippen LogP contribution < -0.4 is 5.32 Å². The van der Waals surface area contributed by atoms with Crippen LogP contribution in [-0.4, -0.2) is 22.7 Å². The van der Waals surface area contributed by atoms with Crippen molar-refractivity contribution in [2.24, 2.45) is 5.92 Å². The van der Waals surface area contributed by atoms with Gasteiger partial charge < -0.3 is 10.4 Å². The van der Waals surface area contributed by atoms with Gasteiger partial charge in [0.1, 0.15) is 0 Å². The Morgan fingerprint density at radius 1 is 1.37 bits per heavy atom. The smallest absolute Gasteiger partial charge is 0.0956 e. The van der Waals surface area contributed by atoms with Crippen molar-refractivity contribution in [1.29, 1.82) is 0 Å². The van der Waals surface area contributed by atoms with Crippen molar-refractivity contribution in [3.05, 3.63) is 15.6 Å². The number of hydrogen-bond donors (Lipinski definition) is 2. The molecule has 2 unspecified atom stereocenters. The number of aliphatic hydroxyl groups is 1. The molecule has 0 amide bonds. The van der Waals surface area contributed by atoms with Gasteiger partial charge in [0.2, 0.25) is 0 Å². The van der Waals surface area contributed by atoms with E-state index in [2.05, 4.69) is 38.0 Å². The lowest BCUT2D eigenvalue weighted by Gasteiger charge is -2.22. The van der Waals surface area contributed by atoms with Crippen LogP contribution in [0.1, 0.15) is 67.6 Å². The minimum atomic E-state index is 0.278. The number of aliphatic hydroxyl groups excluding tert-OH is 1. The molecular weight excluding hydrogens is 256 g/mol. The number of aryl methyl sites for hydroxylation is 1. The number of rotatable bonds is 7. The molecule has 1 aromatic rings. The molecule has 2 N–H and O–H groups in total. The first-order valence-electron chi connectivity index (χ1n) is 7.37. The van der Waals surface area contributed by atoms with Gasteiger partial charge in [-0.2, -0.15) is 0 Å². The number of nitrogens with zero attached hydrogens (tertiary/aromatic N) is 1. The highest BCUT2D eigenvalue weighted by Gasteiger charge is 2.32. The fourth-order valence-electron chi connectivity index (χ4n) is 2.57. The molecule has 1 aliphatic rings. The summed E-state index contributed by atoms with van der Waals surface area (Å²) in [4.78, 5) is 6.03. The van der Waals surface area contributed by atoms with Crippen molar-refractivity contribution in [1.82, 2.24) is 10.3 Å². The van der Waals surface area contributed by atoms with Gasteiger partial charge in [0.05, 0.1) is 10.7 Å². The highest BCUT2D eigenvalue weighted by Crippen LogP contribution is 2.36. The third kappa shape index (κ3) is 3.77. The van der Waals surface area contributed by atoms with Crippen LogP contribution >= 0.6 is 11.3 Å². The number of hydrogen-bond acceptors (Lipinski definition) is 4. The van der Waals surface area contributed by atoms with Crippen molar-refractivity contribution in [3.63, 3.8) is 0 Å². The topological polar surface area (TPSA) is 45.2 Å². The Kier molecular flexibility index (Phi) is 4.98. The number of nitrogens with one attached hydrogen (secondary N) is 1. The lowest BCUT2D eigenvalue weighted by Crippen LogP contribution is -2.34. The summed E-state index contributed by atoms with van der Waals surface area (Å²) in [5, 5.41) is 14.1. The summed E-state index contributed by atoms with van der Waals surface area (Å²) < 4.78 is 0. The first-order valence-corrected chi connectivity index (χ1v) is 8.18. The highest BCUT2D eigenvalue weighted by molar-refractivity contribution is 7.11. The molecular formula is C15H26N2OS. The molecule has 0 aromatic carbocycles. The molecule has 1 fully saturated rings. The van der Waals surface area contributed by atoms with Crippen molar-refractivity contribution in [2.45, 2.75) is 65.0 Å². The van der Waals surface area contributed by atoms with E-state index in [0.29, 0.717) is 18.0 Å². The van der Waals surface area contributed by atoms with Gasteiger partial charge in [-0.3, -0.25) is 0 Å². The van der Waals surface area contributed by atoms with Gasteiger partial charge in [-0.15, -0.1) is 11.3 Å². The minimum Gasteiger partial charge on any atom is -0.396 e. The third-order valence-electron chi connectivity index (χ3n) is 3.83. The molecule has 1 saturated carbocycles. The van der Waals surface area contributed by atoms with E-state index in [1.165, 1.54) is 22.7 Å². The molecule has 1 aliphatic carbocycles. The molecule has 0 aliphatic heterocycles. The van der Waals surface area contributed by atoms with Gasteiger partial charge in [-0.1, -0.05) is 13.8 Å². The third-order valence-corrected chi connectivity index (χ3v) is 5.47. The zero-order chi connectivity index (χ0) is 14.0. The maximum Gasteiger partial charge on any atom is 0.0956 e. The Bertz CT molecular complexity index is 412. The zero-order valence-electron chi connectivity index (χ0n) is 12.4. The Morgan fingerprint density at radius 3 is 2.53 bits per heavy atom. The predicted molar refractivity (Wildman–Crippen MR) is 80.7 cm³/mol. The lowest BCUT2D eigenvalue weighted by molar-refractivity contribution is 0.250. The summed E-state index contributed by atoms with van der Waals surface area (Å²) in [7, 11) is 0. The Morgan fingerprint density at radius 2 is 2.05 bits per heavy atom. The zero-order valence-corrected chi connectivity index (χ0v) is 13.3. The van der Waals surface area contributed by atoms with Gasteiger partial charge in [-0.05, 0) is 39.0 Å². The molecule has 1 aromatic heterocycles. The summed E-state index contributed by atoms with van der Waals surface area (Å²) in [5.74, 6) is 1.27. The fourth-order valence-corrected chi connectivity index (χ4v) is 3.65. The first-order chi connectivity index (χ1) is 9.02. The molecule has 0 bridgehead atoms. The van der Waals surface area contributed by atoms with Gasteiger partial charge in [0.25, 0.3) is 0 Å². The molecule has 3 nitrogen and oxygen atoms in total. The van der Waals surface area contributed by atoms with Gasteiger partial charge in [-0.25, -0.2) is 4.98 Å². The summed E-state index contributed by atoms with van der Waals surface area (Å²) in [6.45, 7) is 8.99. The summed E-state index contributed by atoms with van der Waals surface area (Å²) in [6, 6.07) is 0.797. The monoisotopic (exact) mass is 282 g/mol. The quantitative estimate of drug-likeness (QED) is 0.806. The average molecular weight is 282 g/mol. The minimum absolute atomic E-state index is 0.278. The van der Waals surface area contributed by atoms with Crippen molar-refractivity contribution in [2.75, 3.05) is 6.61 Å². The lowest BCUT2D eigenvalue weighted by atomic mass is 10.1. The van der Waals surface area contributed by atoms with E-state index >= 15 is 0 Å². The van der Waals surface area contributed by atoms with Crippen LogP contribution in [0.2, 0.25) is 0 Å². The second-order valence-corrected chi connectivity index (χ2v) is 7.06. The van der Waals surface area contributed by atoms with Crippen molar-refractivity contribution < 1.29 is 5.11 Å². The van der Waals surface area contributed by atoms with Crippen LogP contribution in [0.4, 0.5) is 0 Å².